The maximum Gasteiger partial charge on any atom is 0.270 e. The number of carbonyl (C=O) groups excluding carboxylic acids is 2. The predicted octanol–water partition coefficient (Wildman–Crippen LogP) is 4.09. The van der Waals surface area contributed by atoms with Crippen LogP contribution in [0.4, 0.5) is 5.69 Å². The predicted molar refractivity (Wildman–Crippen MR) is 122 cm³/mol. The number of amides is 2. The highest BCUT2D eigenvalue weighted by atomic mass is 16.2. The number of benzene rings is 2. The summed E-state index contributed by atoms with van der Waals surface area (Å²) in [5.74, 6) is 0.228. The second-order valence-electron chi connectivity index (χ2n) is 8.34. The SMILES string of the molecule is Cc1ccc(C(=O)N/C(=C/c2ccc(N(C)C)cc2)C(=O)N2CCC(C)CC2)cc1. The van der Waals surface area contributed by atoms with Crippen molar-refractivity contribution in [2.75, 3.05) is 32.1 Å². The maximum absolute atomic E-state index is 13.2. The first-order valence-corrected chi connectivity index (χ1v) is 10.5. The average molecular weight is 406 g/mol. The van der Waals surface area contributed by atoms with E-state index in [9.17, 15) is 9.59 Å². The molecule has 3 rings (SSSR count). The largest absolute Gasteiger partial charge is 0.378 e. The minimum atomic E-state index is -0.273. The van der Waals surface area contributed by atoms with Crippen molar-refractivity contribution in [2.24, 2.45) is 5.92 Å². The van der Waals surface area contributed by atoms with Gasteiger partial charge in [0.05, 0.1) is 0 Å². The molecule has 5 heteroatoms. The Hall–Kier alpha value is -3.08. The number of likely N-dealkylation sites (tertiary alicyclic amines) is 1. The zero-order valence-electron chi connectivity index (χ0n) is 18.3. The van der Waals surface area contributed by atoms with Crippen molar-refractivity contribution < 1.29 is 9.59 Å². The van der Waals surface area contributed by atoms with Gasteiger partial charge in [-0.2, -0.15) is 0 Å². The third-order valence-electron chi connectivity index (χ3n) is 5.58. The number of hydrogen-bond acceptors (Lipinski definition) is 3. The lowest BCUT2D eigenvalue weighted by atomic mass is 9.99. The van der Waals surface area contributed by atoms with E-state index in [1.165, 1.54) is 0 Å². The molecule has 0 radical (unpaired) electrons. The van der Waals surface area contributed by atoms with Crippen LogP contribution in [0.15, 0.2) is 54.2 Å². The molecule has 2 amide bonds. The molecule has 0 spiro atoms. The summed E-state index contributed by atoms with van der Waals surface area (Å²) < 4.78 is 0. The fourth-order valence-corrected chi connectivity index (χ4v) is 3.47. The van der Waals surface area contributed by atoms with Gasteiger partial charge in [-0.1, -0.05) is 36.8 Å². The molecular weight excluding hydrogens is 374 g/mol. The Morgan fingerprint density at radius 2 is 1.60 bits per heavy atom. The van der Waals surface area contributed by atoms with Crippen LogP contribution in [0.1, 0.15) is 41.3 Å². The summed E-state index contributed by atoms with van der Waals surface area (Å²) in [7, 11) is 3.97. The normalized spacial score (nSPS) is 15.1. The molecule has 1 aliphatic rings. The molecule has 0 unspecified atom stereocenters. The molecule has 1 N–H and O–H groups in total. The lowest BCUT2D eigenvalue weighted by Gasteiger charge is -2.31. The Bertz CT molecular complexity index is 906. The van der Waals surface area contributed by atoms with Gasteiger partial charge in [0.1, 0.15) is 5.70 Å². The van der Waals surface area contributed by atoms with Gasteiger partial charge in [-0.05, 0) is 61.6 Å². The number of piperidine rings is 1. The molecule has 0 saturated carbocycles. The molecule has 158 valence electrons. The van der Waals surface area contributed by atoms with E-state index in [-0.39, 0.29) is 11.8 Å². The van der Waals surface area contributed by atoms with Crippen LogP contribution >= 0.6 is 0 Å². The minimum Gasteiger partial charge on any atom is -0.378 e. The zero-order valence-corrected chi connectivity index (χ0v) is 18.3. The first-order chi connectivity index (χ1) is 14.3. The van der Waals surface area contributed by atoms with Gasteiger partial charge in [-0.25, -0.2) is 0 Å². The Morgan fingerprint density at radius 3 is 2.17 bits per heavy atom. The Balaban J connectivity index is 1.86. The topological polar surface area (TPSA) is 52.7 Å². The number of nitrogens with zero attached hydrogens (tertiary/aromatic N) is 2. The second-order valence-corrected chi connectivity index (χ2v) is 8.34. The van der Waals surface area contributed by atoms with E-state index in [0.717, 1.165) is 42.7 Å². The summed E-state index contributed by atoms with van der Waals surface area (Å²) >= 11 is 0. The van der Waals surface area contributed by atoms with Crippen LogP contribution in [0, 0.1) is 12.8 Å². The lowest BCUT2D eigenvalue weighted by molar-refractivity contribution is -0.128. The van der Waals surface area contributed by atoms with Crippen LogP contribution in [-0.2, 0) is 4.79 Å². The number of aryl methyl sites for hydroxylation is 1. The first kappa shape index (κ1) is 21.6. The van der Waals surface area contributed by atoms with Crippen LogP contribution in [0.3, 0.4) is 0 Å². The zero-order chi connectivity index (χ0) is 21.7. The number of anilines is 1. The average Bonchev–Trinajstić information content (AvgIpc) is 2.74. The minimum absolute atomic E-state index is 0.126. The fraction of sp³-hybridized carbons (Fsp3) is 0.360. The quantitative estimate of drug-likeness (QED) is 0.763. The Kier molecular flexibility index (Phi) is 6.93. The van der Waals surface area contributed by atoms with E-state index >= 15 is 0 Å². The van der Waals surface area contributed by atoms with Crippen molar-refractivity contribution in [3.05, 3.63) is 70.9 Å². The van der Waals surface area contributed by atoms with Crippen molar-refractivity contribution in [3.63, 3.8) is 0 Å². The lowest BCUT2D eigenvalue weighted by Crippen LogP contribution is -2.42. The maximum atomic E-state index is 13.2. The molecule has 1 fully saturated rings. The molecule has 1 aliphatic heterocycles. The summed E-state index contributed by atoms with van der Waals surface area (Å²) in [5.41, 5.74) is 3.89. The van der Waals surface area contributed by atoms with Gasteiger partial charge >= 0.3 is 0 Å². The van der Waals surface area contributed by atoms with Gasteiger partial charge in [-0.15, -0.1) is 0 Å². The molecule has 0 bridgehead atoms. The van der Waals surface area contributed by atoms with Gasteiger partial charge in [-0.3, -0.25) is 9.59 Å². The highest BCUT2D eigenvalue weighted by Crippen LogP contribution is 2.19. The van der Waals surface area contributed by atoms with Gasteiger partial charge in [0.15, 0.2) is 0 Å². The second kappa shape index (κ2) is 9.61. The number of carbonyl (C=O) groups is 2. The van der Waals surface area contributed by atoms with Gasteiger partial charge in [0, 0.05) is 38.4 Å². The fourth-order valence-electron chi connectivity index (χ4n) is 3.47. The highest BCUT2D eigenvalue weighted by Gasteiger charge is 2.24. The van der Waals surface area contributed by atoms with Crippen LogP contribution in [0.2, 0.25) is 0 Å². The van der Waals surface area contributed by atoms with E-state index in [4.69, 9.17) is 0 Å². The van der Waals surface area contributed by atoms with Crippen LogP contribution < -0.4 is 10.2 Å². The summed E-state index contributed by atoms with van der Waals surface area (Å²) in [4.78, 5) is 29.9. The monoisotopic (exact) mass is 405 g/mol. The summed E-state index contributed by atoms with van der Waals surface area (Å²) in [6.07, 6.45) is 3.75. The molecule has 30 heavy (non-hydrogen) atoms. The van der Waals surface area contributed by atoms with E-state index in [2.05, 4.69) is 12.2 Å². The summed E-state index contributed by atoms with van der Waals surface area (Å²) in [6.45, 7) is 5.63. The molecule has 0 aromatic heterocycles. The third kappa shape index (κ3) is 5.50. The van der Waals surface area contributed by atoms with Crippen molar-refractivity contribution in [3.8, 4) is 0 Å². The van der Waals surface area contributed by atoms with E-state index in [1.54, 1.807) is 18.2 Å². The summed E-state index contributed by atoms with van der Waals surface area (Å²) in [6, 6.07) is 15.3. The molecule has 2 aromatic rings. The van der Waals surface area contributed by atoms with Crippen molar-refractivity contribution in [1.82, 2.24) is 10.2 Å². The highest BCUT2D eigenvalue weighted by molar-refractivity contribution is 6.05. The van der Waals surface area contributed by atoms with Crippen LogP contribution in [0.5, 0.6) is 0 Å². The van der Waals surface area contributed by atoms with Crippen LogP contribution in [0.25, 0.3) is 6.08 Å². The molecule has 5 nitrogen and oxygen atoms in total. The summed E-state index contributed by atoms with van der Waals surface area (Å²) in [5, 5.41) is 2.87. The Morgan fingerprint density at radius 1 is 1.00 bits per heavy atom. The number of nitrogens with one attached hydrogen (secondary N) is 1. The van der Waals surface area contributed by atoms with Crippen molar-refractivity contribution in [1.29, 1.82) is 0 Å². The van der Waals surface area contributed by atoms with Crippen LogP contribution in [-0.4, -0.2) is 43.9 Å². The van der Waals surface area contributed by atoms with Crippen molar-refractivity contribution >= 4 is 23.6 Å². The molecule has 0 aliphatic carbocycles. The third-order valence-corrected chi connectivity index (χ3v) is 5.58. The molecular formula is C25H31N3O2. The number of rotatable bonds is 5. The van der Waals surface area contributed by atoms with Gasteiger partial charge in [0.2, 0.25) is 0 Å². The van der Waals surface area contributed by atoms with Gasteiger partial charge < -0.3 is 15.1 Å². The molecule has 2 aromatic carbocycles. The van der Waals surface area contributed by atoms with Gasteiger partial charge in [0.25, 0.3) is 11.8 Å². The molecule has 1 heterocycles. The molecule has 0 atom stereocenters. The van der Waals surface area contributed by atoms with E-state index in [1.807, 2.05) is 67.2 Å². The standard InChI is InChI=1S/C25H31N3O2/c1-18-5-9-21(10-6-18)24(29)26-23(25(30)28-15-13-19(2)14-16-28)17-20-7-11-22(12-8-20)27(3)4/h5-12,17,19H,13-16H2,1-4H3,(H,26,29)/b23-17+. The first-order valence-electron chi connectivity index (χ1n) is 10.5. The Labute approximate surface area is 179 Å². The van der Waals surface area contributed by atoms with E-state index < -0.39 is 0 Å². The number of hydrogen-bond donors (Lipinski definition) is 1. The van der Waals surface area contributed by atoms with Crippen molar-refractivity contribution in [2.45, 2.75) is 26.7 Å². The smallest absolute Gasteiger partial charge is 0.270 e. The molecule has 1 saturated heterocycles. The van der Waals surface area contributed by atoms with E-state index in [0.29, 0.717) is 17.2 Å².